The van der Waals surface area contributed by atoms with Crippen LogP contribution in [0.1, 0.15) is 49.9 Å². The van der Waals surface area contributed by atoms with E-state index < -0.39 is 12.5 Å². The Bertz CT molecular complexity index is 1080. The Hall–Kier alpha value is -3.30. The van der Waals surface area contributed by atoms with Crippen LogP contribution in [0.15, 0.2) is 36.7 Å². The number of para-hydroxylation sites is 2. The maximum atomic E-state index is 13.5. The van der Waals surface area contributed by atoms with Crippen molar-refractivity contribution in [1.82, 2.24) is 24.5 Å². The molecule has 8 nitrogen and oxygen atoms in total. The van der Waals surface area contributed by atoms with Crippen molar-refractivity contribution in [3.8, 4) is 11.5 Å². The summed E-state index contributed by atoms with van der Waals surface area (Å²) in [5.74, 6) is 1.13. The Kier molecular flexibility index (Phi) is 6.48. The zero-order chi connectivity index (χ0) is 22.7. The molecule has 2 aromatic heterocycles. The highest BCUT2D eigenvalue weighted by molar-refractivity contribution is 5.81. The van der Waals surface area contributed by atoms with E-state index in [1.165, 1.54) is 12.4 Å². The summed E-state index contributed by atoms with van der Waals surface area (Å²) < 4.78 is 39.3. The molecule has 1 amide bonds. The first-order chi connectivity index (χ1) is 15.5. The molecular formula is C22H25F2N5O3. The van der Waals surface area contributed by atoms with E-state index in [2.05, 4.69) is 15.1 Å². The highest BCUT2D eigenvalue weighted by Gasteiger charge is 2.31. The molecule has 1 aliphatic heterocycles. The average molecular weight is 445 g/mol. The number of rotatable bonds is 7. The maximum absolute atomic E-state index is 13.5. The Labute approximate surface area is 184 Å². The number of likely N-dealkylation sites (tertiary alicyclic amines) is 1. The van der Waals surface area contributed by atoms with Crippen molar-refractivity contribution < 1.29 is 23.0 Å². The van der Waals surface area contributed by atoms with Gasteiger partial charge in [0.1, 0.15) is 12.0 Å². The summed E-state index contributed by atoms with van der Waals surface area (Å²) in [4.78, 5) is 23.2. The molecule has 1 atom stereocenters. The van der Waals surface area contributed by atoms with Gasteiger partial charge < -0.3 is 14.4 Å². The van der Waals surface area contributed by atoms with Crippen molar-refractivity contribution in [3.05, 3.63) is 48.0 Å². The third-order valence-electron chi connectivity index (χ3n) is 5.73. The first kappa shape index (κ1) is 21.9. The van der Waals surface area contributed by atoms with Crippen LogP contribution in [0.4, 0.5) is 8.78 Å². The summed E-state index contributed by atoms with van der Waals surface area (Å²) in [6.07, 6.45) is -0.335. The number of methoxy groups -OCH3 is 1. The quantitative estimate of drug-likeness (QED) is 0.552. The predicted molar refractivity (Wildman–Crippen MR) is 112 cm³/mol. The fraction of sp³-hybridized carbons (Fsp3) is 0.455. The number of piperidine rings is 1. The van der Waals surface area contributed by atoms with Gasteiger partial charge in [-0.3, -0.25) is 4.79 Å². The minimum Gasteiger partial charge on any atom is -0.493 e. The van der Waals surface area contributed by atoms with Gasteiger partial charge in [0.25, 0.3) is 18.1 Å². The van der Waals surface area contributed by atoms with Crippen LogP contribution in [0.3, 0.4) is 0 Å². The molecule has 3 aromatic rings. The van der Waals surface area contributed by atoms with Crippen LogP contribution < -0.4 is 9.47 Å². The molecule has 0 radical (unpaired) electrons. The predicted octanol–water partition coefficient (Wildman–Crippen LogP) is 3.63. The number of aromatic nitrogens is 4. The molecule has 4 rings (SSSR count). The molecule has 1 aliphatic rings. The maximum Gasteiger partial charge on any atom is 0.280 e. The molecule has 170 valence electrons. The number of carbonyl (C=O) groups is 1. The molecule has 32 heavy (non-hydrogen) atoms. The van der Waals surface area contributed by atoms with Gasteiger partial charge in [0, 0.05) is 24.7 Å². The highest BCUT2D eigenvalue weighted by atomic mass is 19.3. The van der Waals surface area contributed by atoms with E-state index in [4.69, 9.17) is 9.47 Å². The van der Waals surface area contributed by atoms with E-state index in [1.807, 2.05) is 19.1 Å². The van der Waals surface area contributed by atoms with Gasteiger partial charge in [0.05, 0.1) is 7.11 Å². The lowest BCUT2D eigenvalue weighted by Crippen LogP contribution is -2.45. The van der Waals surface area contributed by atoms with Gasteiger partial charge in [-0.2, -0.15) is 14.6 Å². The van der Waals surface area contributed by atoms with Gasteiger partial charge in [-0.1, -0.05) is 19.1 Å². The van der Waals surface area contributed by atoms with Crippen LogP contribution in [0.2, 0.25) is 0 Å². The molecule has 0 spiro atoms. The van der Waals surface area contributed by atoms with Gasteiger partial charge in [0.2, 0.25) is 0 Å². The number of benzene rings is 1. The van der Waals surface area contributed by atoms with Crippen molar-refractivity contribution in [2.24, 2.45) is 0 Å². The Morgan fingerprint density at radius 1 is 1.22 bits per heavy atom. The summed E-state index contributed by atoms with van der Waals surface area (Å²) in [6, 6.07) is 8.62. The molecule has 3 heterocycles. The smallest absolute Gasteiger partial charge is 0.280 e. The van der Waals surface area contributed by atoms with Crippen LogP contribution in [-0.2, 0) is 4.79 Å². The van der Waals surface area contributed by atoms with Crippen molar-refractivity contribution in [1.29, 1.82) is 0 Å². The fourth-order valence-electron chi connectivity index (χ4n) is 4.00. The molecule has 10 heteroatoms. The molecule has 0 aliphatic carbocycles. The Morgan fingerprint density at radius 3 is 2.59 bits per heavy atom. The minimum absolute atomic E-state index is 0.0338. The van der Waals surface area contributed by atoms with E-state index in [0.717, 1.165) is 4.52 Å². The number of ether oxygens (including phenoxy) is 2. The number of amides is 1. The van der Waals surface area contributed by atoms with Crippen molar-refractivity contribution in [2.45, 2.75) is 44.6 Å². The van der Waals surface area contributed by atoms with Gasteiger partial charge in [-0.25, -0.2) is 13.8 Å². The molecule has 0 unspecified atom stereocenters. The first-order valence-corrected chi connectivity index (χ1v) is 10.6. The molecule has 1 fully saturated rings. The number of hydrogen-bond acceptors (Lipinski definition) is 6. The summed E-state index contributed by atoms with van der Waals surface area (Å²) in [5, 5.41) is 3.82. The number of fused-ring (bicyclic) bond motifs is 1. The topological polar surface area (TPSA) is 81.9 Å². The van der Waals surface area contributed by atoms with Crippen LogP contribution in [0, 0.1) is 0 Å². The van der Waals surface area contributed by atoms with Gasteiger partial charge in [-0.05, 0) is 37.5 Å². The van der Waals surface area contributed by atoms with E-state index in [9.17, 15) is 13.6 Å². The van der Waals surface area contributed by atoms with Crippen molar-refractivity contribution >= 4 is 11.7 Å². The lowest BCUT2D eigenvalue weighted by Gasteiger charge is -2.34. The number of hydrogen-bond donors (Lipinski definition) is 0. The van der Waals surface area contributed by atoms with Gasteiger partial charge in [0.15, 0.2) is 17.6 Å². The minimum atomic E-state index is -2.68. The van der Waals surface area contributed by atoms with Crippen LogP contribution in [0.5, 0.6) is 11.5 Å². The standard InChI is InChI=1S/C22H25F2N5O3/c1-3-17(32-19-7-5-4-6-18(19)31-2)21(30)28-10-8-14(9-11-28)15-12-16(20(23)24)29-22(27-15)25-13-26-29/h4-7,12-14,17,20H,3,8-11H2,1-2H3/t17-/m1/s1. The number of nitrogens with zero attached hydrogens (tertiary/aromatic N) is 5. The number of halogens is 2. The summed E-state index contributed by atoms with van der Waals surface area (Å²) in [7, 11) is 1.56. The van der Waals surface area contributed by atoms with Crippen LogP contribution >= 0.6 is 0 Å². The SMILES string of the molecule is CC[C@@H](Oc1ccccc1OC)C(=O)N1CCC(c2cc(C(F)F)n3ncnc3n2)CC1. The number of alkyl halides is 2. The van der Waals surface area contributed by atoms with Crippen molar-refractivity contribution in [3.63, 3.8) is 0 Å². The largest absolute Gasteiger partial charge is 0.493 e. The van der Waals surface area contributed by atoms with Crippen LogP contribution in [0.25, 0.3) is 5.78 Å². The lowest BCUT2D eigenvalue weighted by molar-refractivity contribution is -0.140. The van der Waals surface area contributed by atoms with Crippen molar-refractivity contribution in [2.75, 3.05) is 20.2 Å². The normalized spacial score (nSPS) is 15.8. The second kappa shape index (κ2) is 9.46. The zero-order valence-electron chi connectivity index (χ0n) is 17.9. The summed E-state index contributed by atoms with van der Waals surface area (Å²) >= 11 is 0. The third-order valence-corrected chi connectivity index (χ3v) is 5.73. The second-order valence-electron chi connectivity index (χ2n) is 7.64. The van der Waals surface area contributed by atoms with E-state index in [-0.39, 0.29) is 23.3 Å². The summed E-state index contributed by atoms with van der Waals surface area (Å²) in [6.45, 7) is 2.89. The van der Waals surface area contributed by atoms with Gasteiger partial charge >= 0.3 is 0 Å². The first-order valence-electron chi connectivity index (χ1n) is 10.6. The lowest BCUT2D eigenvalue weighted by atomic mass is 9.92. The molecular weight excluding hydrogens is 420 g/mol. The van der Waals surface area contributed by atoms with Crippen LogP contribution in [-0.4, -0.2) is 56.7 Å². The average Bonchev–Trinajstić information content (AvgIpc) is 3.30. The molecule has 1 aromatic carbocycles. The number of carbonyl (C=O) groups excluding carboxylic acids is 1. The van der Waals surface area contributed by atoms with E-state index in [1.54, 1.807) is 24.1 Å². The van der Waals surface area contributed by atoms with E-state index >= 15 is 0 Å². The Morgan fingerprint density at radius 2 is 1.94 bits per heavy atom. The van der Waals surface area contributed by atoms with Gasteiger partial charge in [-0.15, -0.1) is 0 Å². The second-order valence-corrected chi connectivity index (χ2v) is 7.64. The summed E-state index contributed by atoms with van der Waals surface area (Å²) in [5.41, 5.74) is 0.336. The molecule has 0 N–H and O–H groups in total. The molecule has 1 saturated heterocycles. The molecule has 0 bridgehead atoms. The highest BCUT2D eigenvalue weighted by Crippen LogP contribution is 2.31. The third kappa shape index (κ3) is 4.35. The zero-order valence-corrected chi connectivity index (χ0v) is 17.9. The monoisotopic (exact) mass is 445 g/mol. The van der Waals surface area contributed by atoms with E-state index in [0.29, 0.717) is 49.5 Å². The Balaban J connectivity index is 1.44. The fourth-order valence-corrected chi connectivity index (χ4v) is 4.00. The molecule has 0 saturated carbocycles.